The molecule has 0 spiro atoms. The Morgan fingerprint density at radius 1 is 1.17 bits per heavy atom. The molecule has 1 saturated carbocycles. The fraction of sp³-hybridized carbons (Fsp3) is 0.588. The number of nitrogens with zero attached hydrogens (tertiary/aromatic N) is 5. The molecule has 2 aromatic heterocycles. The van der Waals surface area contributed by atoms with E-state index in [9.17, 15) is 4.79 Å². The minimum absolute atomic E-state index is 0.277. The molecule has 1 saturated heterocycles. The summed E-state index contributed by atoms with van der Waals surface area (Å²) < 4.78 is 2.04. The predicted octanol–water partition coefficient (Wildman–Crippen LogP) is 1.56. The van der Waals surface area contributed by atoms with E-state index in [-0.39, 0.29) is 5.91 Å². The zero-order valence-electron chi connectivity index (χ0n) is 13.4. The summed E-state index contributed by atoms with van der Waals surface area (Å²) in [6, 6.07) is 0. The van der Waals surface area contributed by atoms with Gasteiger partial charge in [0.25, 0.3) is 0 Å². The molecule has 2 aromatic rings. The van der Waals surface area contributed by atoms with Crippen molar-refractivity contribution in [2.24, 2.45) is 5.92 Å². The van der Waals surface area contributed by atoms with Crippen LogP contribution in [0, 0.1) is 5.92 Å². The van der Waals surface area contributed by atoms with Crippen molar-refractivity contribution in [1.82, 2.24) is 24.2 Å². The third kappa shape index (κ3) is 3.08. The zero-order chi connectivity index (χ0) is 15.6. The lowest BCUT2D eigenvalue weighted by Crippen LogP contribution is -2.51. The molecule has 1 amide bonds. The van der Waals surface area contributed by atoms with Gasteiger partial charge in [-0.15, -0.1) is 0 Å². The minimum Gasteiger partial charge on any atom is -0.340 e. The van der Waals surface area contributed by atoms with Crippen LogP contribution in [0.4, 0.5) is 0 Å². The summed E-state index contributed by atoms with van der Waals surface area (Å²) in [7, 11) is 0. The van der Waals surface area contributed by atoms with Gasteiger partial charge in [-0.3, -0.25) is 19.1 Å². The Morgan fingerprint density at radius 3 is 2.87 bits per heavy atom. The molecule has 0 N–H and O–H groups in total. The first-order valence-electron chi connectivity index (χ1n) is 8.56. The normalized spacial score (nSPS) is 20.7. The van der Waals surface area contributed by atoms with E-state index in [4.69, 9.17) is 0 Å². The summed E-state index contributed by atoms with van der Waals surface area (Å²) in [5.41, 5.74) is 1.97. The maximum Gasteiger partial charge on any atom is 0.236 e. The molecule has 1 aliphatic carbocycles. The summed E-state index contributed by atoms with van der Waals surface area (Å²) in [4.78, 5) is 25.2. The average molecular weight is 313 g/mol. The van der Waals surface area contributed by atoms with Gasteiger partial charge >= 0.3 is 0 Å². The largest absolute Gasteiger partial charge is 0.340 e. The van der Waals surface area contributed by atoms with E-state index in [0.29, 0.717) is 6.54 Å². The van der Waals surface area contributed by atoms with Gasteiger partial charge in [0.2, 0.25) is 5.91 Å². The second-order valence-corrected chi connectivity index (χ2v) is 6.75. The summed E-state index contributed by atoms with van der Waals surface area (Å²) >= 11 is 0. The number of piperazine rings is 1. The van der Waals surface area contributed by atoms with Crippen molar-refractivity contribution >= 4 is 11.6 Å². The molecule has 23 heavy (non-hydrogen) atoms. The van der Waals surface area contributed by atoms with E-state index in [2.05, 4.69) is 19.8 Å². The average Bonchev–Trinajstić information content (AvgIpc) is 3.20. The van der Waals surface area contributed by atoms with Gasteiger partial charge in [0.05, 0.1) is 24.6 Å². The lowest BCUT2D eigenvalue weighted by atomic mass is 10.1. The molecule has 0 aromatic carbocycles. The molecular weight excluding hydrogens is 290 g/mol. The van der Waals surface area contributed by atoms with E-state index in [1.165, 1.54) is 25.7 Å². The topological polar surface area (TPSA) is 53.7 Å². The van der Waals surface area contributed by atoms with Gasteiger partial charge in [-0.25, -0.2) is 4.98 Å². The molecule has 1 aliphatic heterocycles. The maximum absolute atomic E-state index is 12.4. The highest BCUT2D eigenvalue weighted by atomic mass is 16.2. The van der Waals surface area contributed by atoms with Crippen molar-refractivity contribution in [2.75, 3.05) is 26.2 Å². The van der Waals surface area contributed by atoms with Crippen molar-refractivity contribution in [2.45, 2.75) is 32.2 Å². The highest BCUT2D eigenvalue weighted by molar-refractivity contribution is 5.79. The summed E-state index contributed by atoms with van der Waals surface area (Å²) in [6.45, 7) is 4.04. The first-order valence-corrected chi connectivity index (χ1v) is 8.56. The highest BCUT2D eigenvalue weighted by Gasteiger charge is 2.27. The number of amides is 1. The Labute approximate surface area is 136 Å². The summed E-state index contributed by atoms with van der Waals surface area (Å²) in [6.07, 6.45) is 12.6. The van der Waals surface area contributed by atoms with Gasteiger partial charge in [0.1, 0.15) is 0 Å². The number of imidazole rings is 1. The van der Waals surface area contributed by atoms with Gasteiger partial charge < -0.3 is 4.90 Å². The van der Waals surface area contributed by atoms with Gasteiger partial charge in [-0.1, -0.05) is 12.8 Å². The second kappa shape index (κ2) is 6.28. The van der Waals surface area contributed by atoms with E-state index in [1.807, 2.05) is 16.8 Å². The smallest absolute Gasteiger partial charge is 0.236 e. The molecule has 122 valence electrons. The quantitative estimate of drug-likeness (QED) is 0.860. The van der Waals surface area contributed by atoms with Gasteiger partial charge in [-0.05, 0) is 18.8 Å². The van der Waals surface area contributed by atoms with Gasteiger partial charge in [0.15, 0.2) is 5.65 Å². The highest BCUT2D eigenvalue weighted by Crippen LogP contribution is 2.26. The monoisotopic (exact) mass is 313 g/mol. The second-order valence-electron chi connectivity index (χ2n) is 6.75. The molecule has 2 fully saturated rings. The first-order chi connectivity index (χ1) is 11.3. The molecule has 2 aliphatic rings. The molecule has 0 atom stereocenters. The number of aromatic nitrogens is 3. The zero-order valence-corrected chi connectivity index (χ0v) is 13.4. The summed E-state index contributed by atoms with van der Waals surface area (Å²) in [5, 5.41) is 0. The lowest BCUT2D eigenvalue weighted by molar-refractivity contribution is -0.136. The molecule has 6 heteroatoms. The fourth-order valence-electron chi connectivity index (χ4n) is 3.83. The van der Waals surface area contributed by atoms with Crippen LogP contribution in [0.25, 0.3) is 5.65 Å². The van der Waals surface area contributed by atoms with E-state index in [0.717, 1.165) is 43.4 Å². The molecule has 0 radical (unpaired) electrons. The summed E-state index contributed by atoms with van der Waals surface area (Å²) in [5.74, 6) is 1.01. The number of rotatable bonds is 4. The van der Waals surface area contributed by atoms with Crippen LogP contribution in [0.5, 0.6) is 0 Å². The van der Waals surface area contributed by atoms with E-state index in [1.54, 1.807) is 12.4 Å². The first kappa shape index (κ1) is 14.6. The predicted molar refractivity (Wildman–Crippen MR) is 86.8 cm³/mol. The van der Waals surface area contributed by atoms with Crippen molar-refractivity contribution in [1.29, 1.82) is 0 Å². The Bertz CT molecular complexity index is 691. The Balaban J connectivity index is 1.37. The van der Waals surface area contributed by atoms with Gasteiger partial charge in [-0.2, -0.15) is 0 Å². The third-order valence-corrected chi connectivity index (χ3v) is 5.13. The van der Waals surface area contributed by atoms with Crippen molar-refractivity contribution in [3.05, 3.63) is 30.5 Å². The van der Waals surface area contributed by atoms with Gasteiger partial charge in [0, 0.05) is 38.6 Å². The minimum atomic E-state index is 0.277. The fourth-order valence-corrected chi connectivity index (χ4v) is 3.83. The third-order valence-electron chi connectivity index (χ3n) is 5.13. The van der Waals surface area contributed by atoms with Crippen LogP contribution in [0.2, 0.25) is 0 Å². The molecule has 0 bridgehead atoms. The lowest BCUT2D eigenvalue weighted by Gasteiger charge is -2.35. The Hall–Kier alpha value is -1.95. The number of fused-ring (bicyclic) bond motifs is 1. The maximum atomic E-state index is 12.4. The van der Waals surface area contributed by atoms with Crippen molar-refractivity contribution in [3.8, 4) is 0 Å². The molecule has 3 heterocycles. The Morgan fingerprint density at radius 2 is 2.04 bits per heavy atom. The van der Waals surface area contributed by atoms with Crippen LogP contribution < -0.4 is 0 Å². The molecule has 4 rings (SSSR count). The van der Waals surface area contributed by atoms with Crippen LogP contribution in [-0.4, -0.2) is 56.3 Å². The van der Waals surface area contributed by atoms with Crippen LogP contribution in [-0.2, 0) is 11.3 Å². The van der Waals surface area contributed by atoms with Crippen LogP contribution in [0.1, 0.15) is 31.4 Å². The molecule has 0 unspecified atom stereocenters. The number of carbonyl (C=O) groups excluding carboxylic acids is 1. The Kier molecular flexibility index (Phi) is 3.99. The standard InChI is InChI=1S/C17H23N5O/c23-17-13-20(7-8-21(17)11-14-3-1-2-4-14)12-15-9-19-16-10-18-5-6-22(15)16/h5-6,9-10,14H,1-4,7-8,11-13H2. The SMILES string of the molecule is O=C1CN(Cc2cnc3cnccn23)CCN1CC1CCCC1. The van der Waals surface area contributed by atoms with Crippen LogP contribution in [0.15, 0.2) is 24.8 Å². The number of carbonyl (C=O) groups is 1. The molecule has 6 nitrogen and oxygen atoms in total. The number of hydrogen-bond acceptors (Lipinski definition) is 4. The van der Waals surface area contributed by atoms with Crippen LogP contribution in [0.3, 0.4) is 0 Å². The van der Waals surface area contributed by atoms with Crippen molar-refractivity contribution < 1.29 is 4.79 Å². The molecular formula is C17H23N5O. The number of hydrogen-bond donors (Lipinski definition) is 0. The van der Waals surface area contributed by atoms with Crippen LogP contribution >= 0.6 is 0 Å². The van der Waals surface area contributed by atoms with E-state index >= 15 is 0 Å². The van der Waals surface area contributed by atoms with E-state index < -0.39 is 0 Å². The van der Waals surface area contributed by atoms with Crippen molar-refractivity contribution in [3.63, 3.8) is 0 Å².